The maximum atomic E-state index is 13.8. The molecule has 1 atom stereocenters. The molecule has 0 saturated carbocycles. The van der Waals surface area contributed by atoms with E-state index in [9.17, 15) is 23.2 Å². The van der Waals surface area contributed by atoms with Gasteiger partial charge in [-0.15, -0.1) is 0 Å². The van der Waals surface area contributed by atoms with Gasteiger partial charge >= 0.3 is 0 Å². The first-order valence-corrected chi connectivity index (χ1v) is 11.7. The van der Waals surface area contributed by atoms with E-state index < -0.39 is 35.4 Å². The summed E-state index contributed by atoms with van der Waals surface area (Å²) >= 11 is 0.641. The molecule has 0 unspecified atom stereocenters. The molecule has 0 aliphatic carbocycles. The fraction of sp³-hybridized carbons (Fsp3) is 0.120. The van der Waals surface area contributed by atoms with E-state index in [1.807, 2.05) is 0 Å². The molecule has 3 amide bonds. The number of amides is 3. The maximum Gasteiger partial charge on any atom is 0.273 e. The van der Waals surface area contributed by atoms with Gasteiger partial charge in [-0.1, -0.05) is 12.1 Å². The minimum absolute atomic E-state index is 0.0231. The molecule has 9 nitrogen and oxygen atoms in total. The lowest BCUT2D eigenvalue weighted by Gasteiger charge is -2.29. The highest BCUT2D eigenvalue weighted by molar-refractivity contribution is 7.09. The second-order valence-electron chi connectivity index (χ2n) is 7.99. The number of carbonyl (C=O) groups is 3. The summed E-state index contributed by atoms with van der Waals surface area (Å²) in [5.41, 5.74) is 11.5. The molecule has 2 aromatic carbocycles. The Balaban J connectivity index is 1.78. The summed E-state index contributed by atoms with van der Waals surface area (Å²) < 4.78 is 36.6. The van der Waals surface area contributed by atoms with Crippen molar-refractivity contribution < 1.29 is 27.6 Å². The molecule has 0 spiro atoms. The van der Waals surface area contributed by atoms with Crippen LogP contribution in [0.15, 0.2) is 65.1 Å². The lowest BCUT2D eigenvalue weighted by Crippen LogP contribution is -2.43. The monoisotopic (exact) mass is 525 g/mol. The van der Waals surface area contributed by atoms with Gasteiger partial charge in [0.15, 0.2) is 11.7 Å². The number of benzene rings is 2. The normalized spacial score (nSPS) is 11.6. The summed E-state index contributed by atoms with van der Waals surface area (Å²) in [6.07, 6.45) is 0. The Labute approximate surface area is 213 Å². The first-order valence-electron chi connectivity index (χ1n) is 10.9. The predicted octanol–water partition coefficient (Wildman–Crippen LogP) is 3.71. The average molecular weight is 526 g/mol. The molecular formula is C25H21F2N5O4S. The van der Waals surface area contributed by atoms with E-state index in [-0.39, 0.29) is 34.3 Å². The number of carbonyl (C=O) groups excluding carboxylic acids is 3. The number of furan rings is 1. The van der Waals surface area contributed by atoms with Crippen LogP contribution in [0.25, 0.3) is 0 Å². The zero-order valence-electron chi connectivity index (χ0n) is 19.4. The third kappa shape index (κ3) is 5.48. The van der Waals surface area contributed by atoms with Gasteiger partial charge in [0.25, 0.3) is 17.7 Å². The number of nitrogens with one attached hydrogen (secondary N) is 1. The van der Waals surface area contributed by atoms with Crippen molar-refractivity contribution >= 4 is 40.6 Å². The predicted molar refractivity (Wildman–Crippen MR) is 133 cm³/mol. The third-order valence-electron chi connectivity index (χ3n) is 5.40. The molecule has 5 N–H and O–H groups in total. The van der Waals surface area contributed by atoms with Crippen LogP contribution < -0.4 is 21.7 Å². The Morgan fingerprint density at radius 1 is 1.03 bits per heavy atom. The number of primary amides is 1. The summed E-state index contributed by atoms with van der Waals surface area (Å²) in [6, 6.07) is 12.2. The summed E-state index contributed by atoms with van der Waals surface area (Å²) in [7, 11) is 0. The fourth-order valence-electron chi connectivity index (χ4n) is 3.59. The number of rotatable bonds is 8. The lowest BCUT2D eigenvalue weighted by atomic mass is 10.1. The lowest BCUT2D eigenvalue weighted by molar-refractivity contribution is -0.123. The molecule has 4 rings (SSSR count). The van der Waals surface area contributed by atoms with Gasteiger partial charge in [0.1, 0.15) is 28.0 Å². The molecule has 0 bridgehead atoms. The van der Waals surface area contributed by atoms with Gasteiger partial charge in [0, 0.05) is 12.2 Å². The van der Waals surface area contributed by atoms with E-state index in [1.54, 1.807) is 13.0 Å². The number of aryl methyl sites for hydroxylation is 1. The molecule has 2 heterocycles. The number of nitrogens with two attached hydrogens (primary N) is 2. The molecule has 0 fully saturated rings. The van der Waals surface area contributed by atoms with Crippen LogP contribution in [0.1, 0.15) is 43.3 Å². The molecule has 190 valence electrons. The van der Waals surface area contributed by atoms with Gasteiger partial charge in [-0.05, 0) is 72.6 Å². The number of nitrogen functional groups attached to an aromatic ring is 1. The summed E-state index contributed by atoms with van der Waals surface area (Å²) in [4.78, 5) is 40.0. The van der Waals surface area contributed by atoms with Crippen LogP contribution in [0.3, 0.4) is 0 Å². The van der Waals surface area contributed by atoms with Crippen molar-refractivity contribution in [1.82, 2.24) is 9.69 Å². The van der Waals surface area contributed by atoms with Crippen LogP contribution in [0.5, 0.6) is 0 Å². The van der Waals surface area contributed by atoms with Crippen LogP contribution in [0.2, 0.25) is 0 Å². The van der Waals surface area contributed by atoms with Crippen molar-refractivity contribution in [2.75, 3.05) is 10.6 Å². The van der Waals surface area contributed by atoms with Crippen molar-refractivity contribution in [1.29, 1.82) is 0 Å². The smallest absolute Gasteiger partial charge is 0.273 e. The van der Waals surface area contributed by atoms with Gasteiger partial charge in [0.2, 0.25) is 0 Å². The second kappa shape index (κ2) is 10.6. The minimum atomic E-state index is -1.37. The number of aromatic nitrogens is 1. The van der Waals surface area contributed by atoms with Crippen molar-refractivity contribution in [3.63, 3.8) is 0 Å². The van der Waals surface area contributed by atoms with E-state index >= 15 is 0 Å². The Kier molecular flexibility index (Phi) is 7.30. The van der Waals surface area contributed by atoms with Gasteiger partial charge in [0.05, 0.1) is 5.69 Å². The highest BCUT2D eigenvalue weighted by atomic mass is 32.1. The van der Waals surface area contributed by atoms with E-state index in [0.717, 1.165) is 17.0 Å². The molecule has 0 radical (unpaired) electrons. The van der Waals surface area contributed by atoms with Crippen molar-refractivity contribution in [2.24, 2.45) is 5.73 Å². The summed E-state index contributed by atoms with van der Waals surface area (Å²) in [6.45, 7) is 1.69. The minimum Gasteiger partial charge on any atom is -0.464 e. The van der Waals surface area contributed by atoms with E-state index in [0.29, 0.717) is 22.9 Å². The van der Waals surface area contributed by atoms with Gasteiger partial charge in [-0.25, -0.2) is 8.78 Å². The average Bonchev–Trinajstić information content (AvgIpc) is 3.47. The zero-order chi connectivity index (χ0) is 26.7. The van der Waals surface area contributed by atoms with Gasteiger partial charge in [-0.3, -0.25) is 19.3 Å². The number of halogens is 2. The van der Waals surface area contributed by atoms with Gasteiger partial charge in [-0.2, -0.15) is 4.37 Å². The zero-order valence-corrected chi connectivity index (χ0v) is 20.2. The Bertz CT molecular complexity index is 1450. The van der Waals surface area contributed by atoms with Crippen LogP contribution in [0.4, 0.5) is 20.2 Å². The van der Waals surface area contributed by atoms with Crippen molar-refractivity contribution in [3.8, 4) is 0 Å². The number of hydrogen-bond acceptors (Lipinski definition) is 7. The first kappa shape index (κ1) is 25.5. The Morgan fingerprint density at radius 3 is 2.19 bits per heavy atom. The second-order valence-corrected chi connectivity index (χ2v) is 8.76. The molecule has 0 aliphatic rings. The Morgan fingerprint density at radius 2 is 1.65 bits per heavy atom. The molecule has 0 aliphatic heterocycles. The molecular weight excluding hydrogens is 504 g/mol. The molecule has 0 saturated heterocycles. The van der Waals surface area contributed by atoms with Crippen LogP contribution in [0, 0.1) is 18.6 Å². The van der Waals surface area contributed by atoms with Crippen LogP contribution in [-0.2, 0) is 11.3 Å². The van der Waals surface area contributed by atoms with E-state index in [1.165, 1.54) is 42.5 Å². The number of hydrogen-bond donors (Lipinski definition) is 3. The number of anilines is 2. The van der Waals surface area contributed by atoms with Gasteiger partial charge < -0.3 is 21.2 Å². The topological polar surface area (TPSA) is 145 Å². The molecule has 2 aromatic heterocycles. The van der Waals surface area contributed by atoms with Crippen LogP contribution >= 0.6 is 11.5 Å². The quantitative estimate of drug-likeness (QED) is 0.320. The fourth-order valence-corrected chi connectivity index (χ4v) is 4.33. The van der Waals surface area contributed by atoms with E-state index in [2.05, 4.69) is 9.69 Å². The maximum absolute atomic E-state index is 13.8. The highest BCUT2D eigenvalue weighted by Crippen LogP contribution is 2.34. The Hall–Kier alpha value is -4.58. The standard InChI is InChI=1S/C25H21F2N5O4S/c1-13-2-11-18(36-13)21(24(34)30-12-14-3-5-15(26)6-4-14)32(17-9-7-16(27)8-10-17)25(35)22-19(28)20(23(29)33)31-37-22/h2-11,21H,12,28H2,1H3,(H2,29,33)(H,30,34)/t21-/m0/s1. The SMILES string of the molecule is Cc1ccc([C@@H](C(=O)NCc2ccc(F)cc2)N(C(=O)c2snc(C(N)=O)c2N)c2ccc(F)cc2)o1. The van der Waals surface area contributed by atoms with Crippen molar-refractivity contribution in [3.05, 3.63) is 100.0 Å². The highest BCUT2D eigenvalue weighted by Gasteiger charge is 2.37. The molecule has 37 heavy (non-hydrogen) atoms. The van der Waals surface area contributed by atoms with Crippen LogP contribution in [-0.4, -0.2) is 22.1 Å². The van der Waals surface area contributed by atoms with Crippen molar-refractivity contribution in [2.45, 2.75) is 19.5 Å². The summed E-state index contributed by atoms with van der Waals surface area (Å²) in [5.74, 6) is -2.74. The molecule has 12 heteroatoms. The first-order chi connectivity index (χ1) is 17.7. The summed E-state index contributed by atoms with van der Waals surface area (Å²) in [5, 5.41) is 2.73. The third-order valence-corrected chi connectivity index (χ3v) is 6.25. The largest absolute Gasteiger partial charge is 0.464 e. The molecule has 4 aromatic rings. The van der Waals surface area contributed by atoms with E-state index in [4.69, 9.17) is 15.9 Å². The number of nitrogens with zero attached hydrogens (tertiary/aromatic N) is 2.